The van der Waals surface area contributed by atoms with Gasteiger partial charge < -0.3 is 15.6 Å². The van der Waals surface area contributed by atoms with Crippen LogP contribution in [0.2, 0.25) is 0 Å². The molecule has 0 saturated heterocycles. The van der Waals surface area contributed by atoms with Crippen molar-refractivity contribution in [3.05, 3.63) is 42.5 Å². The predicted molar refractivity (Wildman–Crippen MR) is 80.3 cm³/mol. The first-order valence-electron chi connectivity index (χ1n) is 6.51. The van der Waals surface area contributed by atoms with Gasteiger partial charge in [0.25, 0.3) is 5.82 Å². The number of aromatic carboxylic acids is 1. The monoisotopic (exact) mass is 312 g/mol. The lowest BCUT2D eigenvalue weighted by atomic mass is 10.3. The Labute approximate surface area is 130 Å². The number of aromatic nitrogens is 5. The number of rotatable bonds is 4. The average molecular weight is 312 g/mol. The molecule has 0 aromatic carbocycles. The molecule has 23 heavy (non-hydrogen) atoms. The molecule has 3 heterocycles. The second-order valence-corrected chi connectivity index (χ2v) is 4.51. The zero-order valence-electron chi connectivity index (χ0n) is 12.0. The number of hydrogen-bond acceptors (Lipinski definition) is 7. The van der Waals surface area contributed by atoms with E-state index in [-0.39, 0.29) is 11.6 Å². The van der Waals surface area contributed by atoms with Crippen molar-refractivity contribution in [3.8, 4) is 23.1 Å². The number of carbonyl (C=O) groups is 1. The summed E-state index contributed by atoms with van der Waals surface area (Å²) in [6.07, 6.45) is 2.96. The van der Waals surface area contributed by atoms with Crippen LogP contribution in [-0.4, -0.2) is 42.9 Å². The Hall–Kier alpha value is -3.49. The van der Waals surface area contributed by atoms with E-state index in [2.05, 4.69) is 20.1 Å². The summed E-state index contributed by atoms with van der Waals surface area (Å²) in [5, 5.41) is 13.1. The highest BCUT2D eigenvalue weighted by Gasteiger charge is 2.19. The van der Waals surface area contributed by atoms with E-state index in [1.54, 1.807) is 24.3 Å². The van der Waals surface area contributed by atoms with Crippen LogP contribution in [0.15, 0.2) is 36.7 Å². The number of pyridine rings is 2. The van der Waals surface area contributed by atoms with Crippen LogP contribution < -0.4 is 10.5 Å². The molecule has 9 heteroatoms. The van der Waals surface area contributed by atoms with Gasteiger partial charge in [0.2, 0.25) is 5.88 Å². The van der Waals surface area contributed by atoms with Crippen LogP contribution in [0.3, 0.4) is 0 Å². The molecule has 3 aromatic heterocycles. The minimum atomic E-state index is -1.23. The molecule has 0 unspecified atom stereocenters. The third-order valence-corrected chi connectivity index (χ3v) is 2.99. The third kappa shape index (κ3) is 2.79. The molecule has 9 nitrogen and oxygen atoms in total. The molecular formula is C14H12N6O3. The summed E-state index contributed by atoms with van der Waals surface area (Å²) in [5.74, 6) is -0.870. The smallest absolute Gasteiger partial charge is 0.375 e. The number of nitrogen functional groups attached to an aromatic ring is 1. The zero-order chi connectivity index (χ0) is 16.4. The zero-order valence-corrected chi connectivity index (χ0v) is 12.0. The van der Waals surface area contributed by atoms with Crippen molar-refractivity contribution in [2.45, 2.75) is 0 Å². The lowest BCUT2D eigenvalue weighted by Crippen LogP contribution is -2.03. The fraction of sp³-hybridized carbons (Fsp3) is 0.0714. The molecule has 3 N–H and O–H groups in total. The van der Waals surface area contributed by atoms with Crippen molar-refractivity contribution < 1.29 is 14.6 Å². The quantitative estimate of drug-likeness (QED) is 0.730. The molecule has 116 valence electrons. The first-order valence-corrected chi connectivity index (χ1v) is 6.51. The maximum absolute atomic E-state index is 11.2. The van der Waals surface area contributed by atoms with E-state index < -0.39 is 5.97 Å². The first-order chi connectivity index (χ1) is 11.1. The van der Waals surface area contributed by atoms with E-state index in [1.165, 1.54) is 24.2 Å². The Kier molecular flexibility index (Phi) is 3.59. The van der Waals surface area contributed by atoms with Crippen molar-refractivity contribution >= 4 is 11.7 Å². The Morgan fingerprint density at radius 1 is 1.22 bits per heavy atom. The first kappa shape index (κ1) is 14.4. The topological polar surface area (TPSA) is 129 Å². The van der Waals surface area contributed by atoms with E-state index in [4.69, 9.17) is 15.6 Å². The van der Waals surface area contributed by atoms with Crippen LogP contribution >= 0.6 is 0 Å². The number of carboxylic acids is 1. The molecule has 0 bridgehead atoms. The van der Waals surface area contributed by atoms with Gasteiger partial charge >= 0.3 is 5.97 Å². The number of nitrogens with two attached hydrogens (primary N) is 1. The van der Waals surface area contributed by atoms with Crippen molar-refractivity contribution in [1.29, 1.82) is 0 Å². The highest BCUT2D eigenvalue weighted by molar-refractivity contribution is 5.83. The second kappa shape index (κ2) is 5.72. The Bertz CT molecular complexity index is 842. The molecular weight excluding hydrogens is 300 g/mol. The standard InChI is InChI=1S/C14H12N6O3/c1-23-11-5-3-9(7-17-11)20-13(18-12(19-20)14(21)22)10-4-2-8(15)6-16-10/h2-7H,15H2,1H3,(H,21,22). The lowest BCUT2D eigenvalue weighted by molar-refractivity contribution is 0.0683. The van der Waals surface area contributed by atoms with Gasteiger partial charge in [-0.3, -0.25) is 4.98 Å². The van der Waals surface area contributed by atoms with Gasteiger partial charge in [0.15, 0.2) is 5.82 Å². The van der Waals surface area contributed by atoms with Crippen LogP contribution in [0.4, 0.5) is 5.69 Å². The molecule has 0 radical (unpaired) electrons. The number of hydrogen-bond donors (Lipinski definition) is 2. The minimum absolute atomic E-state index is 0.273. The van der Waals surface area contributed by atoms with Crippen LogP contribution in [0.1, 0.15) is 10.6 Å². The van der Waals surface area contributed by atoms with Crippen LogP contribution in [-0.2, 0) is 0 Å². The molecule has 0 amide bonds. The number of nitrogens with zero attached hydrogens (tertiary/aromatic N) is 5. The molecule has 3 aromatic rings. The van der Waals surface area contributed by atoms with E-state index in [1.807, 2.05) is 0 Å². The van der Waals surface area contributed by atoms with E-state index in [0.717, 1.165) is 0 Å². The summed E-state index contributed by atoms with van der Waals surface area (Å²) in [5.41, 5.74) is 7.07. The molecule has 0 aliphatic rings. The summed E-state index contributed by atoms with van der Waals surface area (Å²) in [4.78, 5) is 23.4. The SMILES string of the molecule is COc1ccc(-n2nc(C(=O)O)nc2-c2ccc(N)cn2)cn1. The van der Waals surface area contributed by atoms with Gasteiger partial charge in [-0.25, -0.2) is 14.5 Å². The van der Waals surface area contributed by atoms with Crippen molar-refractivity contribution in [3.63, 3.8) is 0 Å². The average Bonchev–Trinajstić information content (AvgIpc) is 3.01. The van der Waals surface area contributed by atoms with Gasteiger partial charge in [0.1, 0.15) is 5.69 Å². The minimum Gasteiger partial charge on any atom is -0.481 e. The highest BCUT2D eigenvalue weighted by Crippen LogP contribution is 2.20. The number of methoxy groups -OCH3 is 1. The lowest BCUT2D eigenvalue weighted by Gasteiger charge is -2.06. The third-order valence-electron chi connectivity index (χ3n) is 2.99. The van der Waals surface area contributed by atoms with Gasteiger partial charge in [-0.05, 0) is 18.2 Å². The van der Waals surface area contributed by atoms with Gasteiger partial charge in [0.05, 0.1) is 30.9 Å². The number of ether oxygens (including phenoxy) is 1. The molecule has 0 saturated carbocycles. The number of anilines is 1. The van der Waals surface area contributed by atoms with Gasteiger partial charge in [-0.1, -0.05) is 0 Å². The van der Waals surface area contributed by atoms with E-state index in [0.29, 0.717) is 22.9 Å². The van der Waals surface area contributed by atoms with Crippen LogP contribution in [0.5, 0.6) is 5.88 Å². The highest BCUT2D eigenvalue weighted by atomic mass is 16.5. The molecule has 0 aliphatic heterocycles. The van der Waals surface area contributed by atoms with E-state index in [9.17, 15) is 4.79 Å². The van der Waals surface area contributed by atoms with Crippen LogP contribution in [0.25, 0.3) is 17.2 Å². The molecule has 0 atom stereocenters. The normalized spacial score (nSPS) is 10.5. The van der Waals surface area contributed by atoms with Crippen molar-refractivity contribution in [2.75, 3.05) is 12.8 Å². The second-order valence-electron chi connectivity index (χ2n) is 4.51. The Morgan fingerprint density at radius 2 is 2.04 bits per heavy atom. The Balaban J connectivity index is 2.13. The summed E-state index contributed by atoms with van der Waals surface area (Å²) in [7, 11) is 1.50. The summed E-state index contributed by atoms with van der Waals surface area (Å²) < 4.78 is 6.36. The largest absolute Gasteiger partial charge is 0.481 e. The van der Waals surface area contributed by atoms with E-state index >= 15 is 0 Å². The molecule has 0 fully saturated rings. The molecule has 0 spiro atoms. The summed E-state index contributed by atoms with van der Waals surface area (Å²) in [6.45, 7) is 0. The maximum atomic E-state index is 11.2. The maximum Gasteiger partial charge on any atom is 0.375 e. The van der Waals surface area contributed by atoms with Gasteiger partial charge in [-0.2, -0.15) is 4.98 Å². The van der Waals surface area contributed by atoms with Gasteiger partial charge in [0, 0.05) is 6.07 Å². The Morgan fingerprint density at radius 3 is 2.61 bits per heavy atom. The predicted octanol–water partition coefficient (Wildman–Crippen LogP) is 1.01. The van der Waals surface area contributed by atoms with Crippen molar-refractivity contribution in [1.82, 2.24) is 24.7 Å². The van der Waals surface area contributed by atoms with Gasteiger partial charge in [-0.15, -0.1) is 5.10 Å². The summed E-state index contributed by atoms with van der Waals surface area (Å²) >= 11 is 0. The summed E-state index contributed by atoms with van der Waals surface area (Å²) in [6, 6.07) is 6.61. The number of carboxylic acid groups (broad SMARTS) is 1. The molecule has 0 aliphatic carbocycles. The van der Waals surface area contributed by atoms with Crippen LogP contribution in [0, 0.1) is 0 Å². The fourth-order valence-electron chi connectivity index (χ4n) is 1.90. The van der Waals surface area contributed by atoms with Crippen molar-refractivity contribution in [2.24, 2.45) is 0 Å². The molecule has 3 rings (SSSR count). The fourth-order valence-corrected chi connectivity index (χ4v) is 1.90.